The van der Waals surface area contributed by atoms with Crippen LogP contribution in [0.3, 0.4) is 0 Å². The molecule has 21 heavy (non-hydrogen) atoms. The Labute approximate surface area is 129 Å². The molecule has 1 aromatic heterocycles. The SMILES string of the molecule is CC1CN(C(=O)CN(C)S(=O)(=O)c2cccs2)CC(C)O1. The van der Waals surface area contributed by atoms with Crippen molar-refractivity contribution < 1.29 is 17.9 Å². The number of amides is 1. The molecule has 2 unspecified atom stereocenters. The second-order valence-corrected chi connectivity index (χ2v) is 8.47. The summed E-state index contributed by atoms with van der Waals surface area (Å²) >= 11 is 1.15. The molecule has 1 saturated heterocycles. The molecule has 2 rings (SSSR count). The third kappa shape index (κ3) is 3.82. The molecule has 8 heteroatoms. The minimum atomic E-state index is -3.58. The Hall–Kier alpha value is -0.960. The van der Waals surface area contributed by atoms with Gasteiger partial charge in [0.15, 0.2) is 0 Å². The predicted octanol–water partition coefficient (Wildman–Crippen LogP) is 1.00. The Bertz CT molecular complexity index is 575. The Kier molecular flexibility index (Phi) is 5.03. The number of carbonyl (C=O) groups is 1. The first-order valence-corrected chi connectivity index (χ1v) is 9.05. The molecule has 0 bridgehead atoms. The van der Waals surface area contributed by atoms with Crippen molar-refractivity contribution >= 4 is 27.3 Å². The molecule has 2 heterocycles. The third-order valence-electron chi connectivity index (χ3n) is 3.29. The van der Waals surface area contributed by atoms with Crippen molar-refractivity contribution in [1.82, 2.24) is 9.21 Å². The van der Waals surface area contributed by atoms with Crippen molar-refractivity contribution in [3.8, 4) is 0 Å². The Morgan fingerprint density at radius 1 is 1.43 bits per heavy atom. The molecule has 6 nitrogen and oxygen atoms in total. The summed E-state index contributed by atoms with van der Waals surface area (Å²) < 4.78 is 31.5. The number of ether oxygens (including phenoxy) is 1. The summed E-state index contributed by atoms with van der Waals surface area (Å²) in [4.78, 5) is 13.9. The molecule has 0 aliphatic carbocycles. The monoisotopic (exact) mass is 332 g/mol. The maximum absolute atomic E-state index is 12.3. The van der Waals surface area contributed by atoms with E-state index in [0.29, 0.717) is 13.1 Å². The normalized spacial score (nSPS) is 23.5. The molecular formula is C13H20N2O4S2. The molecule has 1 aliphatic heterocycles. The van der Waals surface area contributed by atoms with Crippen LogP contribution in [0.25, 0.3) is 0 Å². The highest BCUT2D eigenvalue weighted by Gasteiger charge is 2.29. The predicted molar refractivity (Wildman–Crippen MR) is 80.7 cm³/mol. The van der Waals surface area contributed by atoms with Gasteiger partial charge in [-0.2, -0.15) is 4.31 Å². The zero-order valence-corrected chi connectivity index (χ0v) is 14.0. The van der Waals surface area contributed by atoms with Gasteiger partial charge in [-0.1, -0.05) is 6.07 Å². The lowest BCUT2D eigenvalue weighted by Crippen LogP contribution is -2.51. The highest BCUT2D eigenvalue weighted by atomic mass is 32.2. The minimum absolute atomic E-state index is 0.0306. The van der Waals surface area contributed by atoms with Crippen molar-refractivity contribution in [1.29, 1.82) is 0 Å². The van der Waals surface area contributed by atoms with Crippen LogP contribution in [-0.4, -0.2) is 62.4 Å². The average Bonchev–Trinajstić information content (AvgIpc) is 2.91. The second-order valence-electron chi connectivity index (χ2n) is 5.25. The minimum Gasteiger partial charge on any atom is -0.372 e. The van der Waals surface area contributed by atoms with Crippen LogP contribution in [0.15, 0.2) is 21.7 Å². The van der Waals surface area contributed by atoms with E-state index in [1.54, 1.807) is 22.4 Å². The topological polar surface area (TPSA) is 66.9 Å². The molecule has 0 aromatic carbocycles. The van der Waals surface area contributed by atoms with E-state index >= 15 is 0 Å². The van der Waals surface area contributed by atoms with Gasteiger partial charge in [0.05, 0.1) is 18.8 Å². The summed E-state index contributed by atoms with van der Waals surface area (Å²) in [6.45, 7) is 4.65. The van der Waals surface area contributed by atoms with Gasteiger partial charge in [-0.05, 0) is 25.3 Å². The fourth-order valence-corrected chi connectivity index (χ4v) is 4.64. The molecule has 0 N–H and O–H groups in total. The number of likely N-dealkylation sites (N-methyl/N-ethyl adjacent to an activating group) is 1. The third-order valence-corrected chi connectivity index (χ3v) is 6.47. The average molecular weight is 332 g/mol. The molecule has 1 aromatic rings. The van der Waals surface area contributed by atoms with Gasteiger partial charge in [-0.15, -0.1) is 11.3 Å². The van der Waals surface area contributed by atoms with Gasteiger partial charge < -0.3 is 9.64 Å². The molecule has 1 amide bonds. The summed E-state index contributed by atoms with van der Waals surface area (Å²) in [5.74, 6) is -0.195. The smallest absolute Gasteiger partial charge is 0.252 e. The van der Waals surface area contributed by atoms with E-state index in [2.05, 4.69) is 0 Å². The van der Waals surface area contributed by atoms with Gasteiger partial charge in [0.2, 0.25) is 5.91 Å². The number of morpholine rings is 1. The number of thiophene rings is 1. The van der Waals surface area contributed by atoms with Crippen LogP contribution in [0, 0.1) is 0 Å². The van der Waals surface area contributed by atoms with Gasteiger partial charge in [-0.3, -0.25) is 4.79 Å². The zero-order chi connectivity index (χ0) is 15.6. The fourth-order valence-electron chi connectivity index (χ4n) is 2.32. The van der Waals surface area contributed by atoms with Crippen LogP contribution in [0.4, 0.5) is 0 Å². The summed E-state index contributed by atoms with van der Waals surface area (Å²) in [6.07, 6.45) is -0.0613. The van der Waals surface area contributed by atoms with Crippen LogP contribution in [-0.2, 0) is 19.6 Å². The van der Waals surface area contributed by atoms with Crippen molar-refractivity contribution in [2.75, 3.05) is 26.7 Å². The molecular weight excluding hydrogens is 312 g/mol. The Balaban J connectivity index is 2.02. The van der Waals surface area contributed by atoms with Crippen molar-refractivity contribution in [3.05, 3.63) is 17.5 Å². The van der Waals surface area contributed by atoms with Crippen molar-refractivity contribution in [2.24, 2.45) is 0 Å². The Morgan fingerprint density at radius 3 is 2.57 bits per heavy atom. The highest BCUT2D eigenvalue weighted by Crippen LogP contribution is 2.20. The quantitative estimate of drug-likeness (QED) is 0.825. The number of rotatable bonds is 4. The zero-order valence-electron chi connectivity index (χ0n) is 12.4. The first kappa shape index (κ1) is 16.4. The molecule has 0 spiro atoms. The van der Waals surface area contributed by atoms with Crippen molar-refractivity contribution in [2.45, 2.75) is 30.3 Å². The van der Waals surface area contributed by atoms with Gasteiger partial charge >= 0.3 is 0 Å². The first-order valence-electron chi connectivity index (χ1n) is 6.73. The first-order chi connectivity index (χ1) is 9.80. The van der Waals surface area contributed by atoms with Gasteiger partial charge in [0, 0.05) is 20.1 Å². The Morgan fingerprint density at radius 2 is 2.05 bits per heavy atom. The number of hydrogen-bond donors (Lipinski definition) is 0. The van der Waals surface area contributed by atoms with Crippen LogP contribution in [0.5, 0.6) is 0 Å². The fraction of sp³-hybridized carbons (Fsp3) is 0.615. The maximum atomic E-state index is 12.3. The standard InChI is InChI=1S/C13H20N2O4S2/c1-10-7-15(8-11(2)19-10)12(16)9-14(3)21(17,18)13-5-4-6-20-13/h4-6,10-11H,7-9H2,1-3H3. The van der Waals surface area contributed by atoms with E-state index in [1.165, 1.54) is 7.05 Å². The number of hydrogen-bond acceptors (Lipinski definition) is 5. The second kappa shape index (κ2) is 6.43. The number of nitrogens with zero attached hydrogens (tertiary/aromatic N) is 2. The molecule has 0 radical (unpaired) electrons. The van der Waals surface area contributed by atoms with E-state index in [4.69, 9.17) is 4.74 Å². The van der Waals surface area contributed by atoms with Gasteiger partial charge in [-0.25, -0.2) is 8.42 Å². The van der Waals surface area contributed by atoms with Gasteiger partial charge in [0.1, 0.15) is 4.21 Å². The summed E-state index contributed by atoms with van der Waals surface area (Å²) in [5, 5.41) is 1.70. The van der Waals surface area contributed by atoms with Crippen LogP contribution >= 0.6 is 11.3 Å². The number of sulfonamides is 1. The highest BCUT2D eigenvalue weighted by molar-refractivity contribution is 7.91. The van der Waals surface area contributed by atoms with E-state index in [0.717, 1.165) is 15.6 Å². The van der Waals surface area contributed by atoms with Crippen LogP contribution < -0.4 is 0 Å². The lowest BCUT2D eigenvalue weighted by atomic mass is 10.2. The largest absolute Gasteiger partial charge is 0.372 e. The van der Waals surface area contributed by atoms with Crippen molar-refractivity contribution in [3.63, 3.8) is 0 Å². The summed E-state index contributed by atoms with van der Waals surface area (Å²) in [5.41, 5.74) is 0. The maximum Gasteiger partial charge on any atom is 0.252 e. The lowest BCUT2D eigenvalue weighted by molar-refractivity contribution is -0.143. The molecule has 1 aliphatic rings. The lowest BCUT2D eigenvalue weighted by Gasteiger charge is -2.36. The van der Waals surface area contributed by atoms with E-state index < -0.39 is 10.0 Å². The van der Waals surface area contributed by atoms with E-state index in [1.807, 2.05) is 13.8 Å². The molecule has 118 valence electrons. The number of carbonyl (C=O) groups excluding carboxylic acids is 1. The van der Waals surface area contributed by atoms with Crippen LogP contribution in [0.1, 0.15) is 13.8 Å². The summed E-state index contributed by atoms with van der Waals surface area (Å²) in [7, 11) is -2.15. The van der Waals surface area contributed by atoms with Gasteiger partial charge in [0.25, 0.3) is 10.0 Å². The molecule has 1 fully saturated rings. The molecule has 2 atom stereocenters. The summed E-state index contributed by atoms with van der Waals surface area (Å²) in [6, 6.07) is 3.22. The van der Waals surface area contributed by atoms with E-state index in [9.17, 15) is 13.2 Å². The van der Waals surface area contributed by atoms with Crippen LogP contribution in [0.2, 0.25) is 0 Å². The molecule has 0 saturated carbocycles. The van der Waals surface area contributed by atoms with E-state index in [-0.39, 0.29) is 28.9 Å².